The SMILES string of the molecule is CC(C)(C)OC(=O)CCOCCOCCN(C(=O)CCC(=O)Oc1c(F)c(F)c(F)c(F)c1F)C1CCN(C(=O)OCC2c3ccccc3-c3ccccc32)CC1. The molecular weight excluding hydrogens is 759 g/mol. The van der Waals surface area contributed by atoms with E-state index in [0.717, 1.165) is 22.3 Å². The molecule has 0 radical (unpaired) electrons. The average molecular weight is 805 g/mol. The van der Waals surface area contributed by atoms with E-state index in [9.17, 15) is 41.1 Å². The van der Waals surface area contributed by atoms with E-state index in [1.807, 2.05) is 48.5 Å². The largest absolute Gasteiger partial charge is 0.460 e. The third-order valence-electron chi connectivity index (χ3n) is 9.47. The second-order valence-electron chi connectivity index (χ2n) is 14.5. The molecule has 0 atom stereocenters. The van der Waals surface area contributed by atoms with Crippen LogP contribution in [0.4, 0.5) is 26.7 Å². The molecule has 3 aromatic rings. The van der Waals surface area contributed by atoms with Gasteiger partial charge in [-0.05, 0) is 55.9 Å². The maximum absolute atomic E-state index is 14.1. The third-order valence-corrected chi connectivity index (χ3v) is 9.47. The van der Waals surface area contributed by atoms with Crippen molar-refractivity contribution in [2.45, 2.75) is 70.4 Å². The molecule has 3 aromatic carbocycles. The number of piperidine rings is 1. The summed E-state index contributed by atoms with van der Waals surface area (Å²) in [6, 6.07) is 15.5. The standard InChI is InChI=1S/C41H45F5N2O9/c1-41(2,3)57-33(51)16-20-53-22-23-54-21-19-48(31(49)12-13-32(50)56-39-37(45)35(43)34(42)36(44)38(39)46)25-14-17-47(18-15-25)40(52)55-24-30-28-10-6-4-8-26(28)27-9-5-7-11-29(27)30/h4-11,25,30H,12-24H2,1-3H3. The molecular formula is C41H45F5N2O9. The Labute approximate surface area is 326 Å². The summed E-state index contributed by atoms with van der Waals surface area (Å²) in [4.78, 5) is 54.0. The van der Waals surface area contributed by atoms with Crippen molar-refractivity contribution in [2.24, 2.45) is 0 Å². The Bertz CT molecular complexity index is 1860. The molecule has 1 fully saturated rings. The average Bonchev–Trinajstić information content (AvgIpc) is 3.51. The van der Waals surface area contributed by atoms with Gasteiger partial charge < -0.3 is 33.5 Å². The minimum atomic E-state index is -2.41. The highest BCUT2D eigenvalue weighted by Gasteiger charge is 2.34. The van der Waals surface area contributed by atoms with Gasteiger partial charge >= 0.3 is 18.0 Å². The molecule has 0 aromatic heterocycles. The molecule has 5 rings (SSSR count). The maximum atomic E-state index is 14.1. The van der Waals surface area contributed by atoms with Crippen LogP contribution in [-0.4, -0.2) is 98.1 Å². The van der Waals surface area contributed by atoms with Gasteiger partial charge in [-0.25, -0.2) is 18.0 Å². The summed E-state index contributed by atoms with van der Waals surface area (Å²) in [7, 11) is 0. The molecule has 0 saturated carbocycles. The lowest BCUT2D eigenvalue weighted by Crippen LogP contribution is -2.50. The van der Waals surface area contributed by atoms with Crippen molar-refractivity contribution in [3.05, 3.63) is 88.7 Å². The molecule has 2 amide bonds. The van der Waals surface area contributed by atoms with Crippen LogP contribution in [0.1, 0.15) is 69.9 Å². The number of benzene rings is 3. The number of likely N-dealkylation sites (tertiary alicyclic amines) is 1. The maximum Gasteiger partial charge on any atom is 0.409 e. The smallest absolute Gasteiger partial charge is 0.409 e. The molecule has 0 N–H and O–H groups in total. The zero-order valence-corrected chi connectivity index (χ0v) is 31.9. The van der Waals surface area contributed by atoms with Crippen molar-refractivity contribution in [3.63, 3.8) is 0 Å². The number of ether oxygens (including phenoxy) is 5. The van der Waals surface area contributed by atoms with E-state index >= 15 is 0 Å². The molecule has 1 aliphatic carbocycles. The Morgan fingerprint density at radius 3 is 1.82 bits per heavy atom. The van der Waals surface area contributed by atoms with Crippen molar-refractivity contribution < 1.29 is 64.8 Å². The Morgan fingerprint density at radius 2 is 1.25 bits per heavy atom. The Kier molecular flexibility index (Phi) is 14.6. The molecule has 0 unspecified atom stereocenters. The first-order valence-electron chi connectivity index (χ1n) is 18.6. The summed E-state index contributed by atoms with van der Waals surface area (Å²) in [5.41, 5.74) is 3.73. The zero-order valence-electron chi connectivity index (χ0n) is 31.9. The molecule has 0 spiro atoms. The predicted octanol–water partition coefficient (Wildman–Crippen LogP) is 7.07. The van der Waals surface area contributed by atoms with Gasteiger partial charge in [-0.1, -0.05) is 48.5 Å². The van der Waals surface area contributed by atoms with Gasteiger partial charge in [-0.3, -0.25) is 14.4 Å². The number of hydrogen-bond acceptors (Lipinski definition) is 9. The normalized spacial score (nSPS) is 14.2. The van der Waals surface area contributed by atoms with E-state index in [0.29, 0.717) is 12.8 Å². The number of fused-ring (bicyclic) bond motifs is 3. The van der Waals surface area contributed by atoms with Crippen molar-refractivity contribution >= 4 is 23.9 Å². The highest BCUT2D eigenvalue weighted by Crippen LogP contribution is 2.44. The van der Waals surface area contributed by atoms with Crippen LogP contribution in [0.3, 0.4) is 0 Å². The van der Waals surface area contributed by atoms with E-state index in [1.165, 1.54) is 4.90 Å². The molecule has 0 bridgehead atoms. The van der Waals surface area contributed by atoms with Crippen molar-refractivity contribution in [3.8, 4) is 16.9 Å². The Morgan fingerprint density at radius 1 is 0.702 bits per heavy atom. The summed E-state index contributed by atoms with van der Waals surface area (Å²) in [5, 5.41) is 0. The number of halogens is 5. The number of nitrogens with zero attached hydrogens (tertiary/aromatic N) is 2. The van der Waals surface area contributed by atoms with Crippen molar-refractivity contribution in [1.29, 1.82) is 0 Å². The second kappa shape index (κ2) is 19.4. The fourth-order valence-electron chi connectivity index (χ4n) is 6.78. The molecule has 16 heteroatoms. The highest BCUT2D eigenvalue weighted by atomic mass is 19.2. The molecule has 2 aliphatic rings. The lowest BCUT2D eigenvalue weighted by Gasteiger charge is -2.38. The predicted molar refractivity (Wildman–Crippen MR) is 195 cm³/mol. The van der Waals surface area contributed by atoms with Crippen LogP contribution in [0.15, 0.2) is 48.5 Å². The van der Waals surface area contributed by atoms with Crippen LogP contribution in [0.25, 0.3) is 11.1 Å². The summed E-state index contributed by atoms with van der Waals surface area (Å²) in [6.45, 7) is 6.41. The van der Waals surface area contributed by atoms with E-state index in [2.05, 4.69) is 4.74 Å². The van der Waals surface area contributed by atoms with Crippen molar-refractivity contribution in [1.82, 2.24) is 9.80 Å². The van der Waals surface area contributed by atoms with Gasteiger partial charge in [-0.2, -0.15) is 8.78 Å². The number of amides is 2. The minimum absolute atomic E-state index is 0.0444. The summed E-state index contributed by atoms with van der Waals surface area (Å²) in [5.74, 6) is -15.9. The number of rotatable bonds is 16. The van der Waals surface area contributed by atoms with Crippen LogP contribution in [-0.2, 0) is 33.3 Å². The van der Waals surface area contributed by atoms with E-state index < -0.39 is 83.3 Å². The molecule has 1 heterocycles. The molecule has 1 saturated heterocycles. The monoisotopic (exact) mass is 804 g/mol. The lowest BCUT2D eigenvalue weighted by atomic mass is 9.98. The van der Waals surface area contributed by atoms with Crippen molar-refractivity contribution in [2.75, 3.05) is 52.7 Å². The molecule has 1 aliphatic heterocycles. The number of esters is 2. The van der Waals surface area contributed by atoms with Crippen LogP contribution in [0.2, 0.25) is 0 Å². The van der Waals surface area contributed by atoms with Crippen LogP contribution < -0.4 is 4.74 Å². The zero-order chi connectivity index (χ0) is 41.3. The first kappa shape index (κ1) is 43.0. The lowest BCUT2D eigenvalue weighted by molar-refractivity contribution is -0.156. The fraction of sp³-hybridized carbons (Fsp3) is 0.463. The van der Waals surface area contributed by atoms with Gasteiger partial charge in [0.05, 0.1) is 39.3 Å². The first-order chi connectivity index (χ1) is 27.2. The van der Waals surface area contributed by atoms with Gasteiger partial charge in [0, 0.05) is 38.0 Å². The fourth-order valence-corrected chi connectivity index (χ4v) is 6.78. The summed E-state index contributed by atoms with van der Waals surface area (Å²) < 4.78 is 95.4. The van der Waals surface area contributed by atoms with E-state index in [-0.39, 0.29) is 65.0 Å². The third kappa shape index (κ3) is 11.1. The number of carbonyl (C=O) groups excluding carboxylic acids is 4. The number of carbonyl (C=O) groups is 4. The van der Waals surface area contributed by atoms with Gasteiger partial charge in [0.15, 0.2) is 0 Å². The first-order valence-corrected chi connectivity index (χ1v) is 18.6. The van der Waals surface area contributed by atoms with Crippen LogP contribution in [0.5, 0.6) is 5.75 Å². The topological polar surface area (TPSA) is 121 Å². The Balaban J connectivity index is 1.14. The molecule has 57 heavy (non-hydrogen) atoms. The molecule has 308 valence electrons. The van der Waals surface area contributed by atoms with Crippen LogP contribution >= 0.6 is 0 Å². The number of hydrogen-bond donors (Lipinski definition) is 0. The Hall–Kier alpha value is -5.09. The van der Waals surface area contributed by atoms with Crippen LogP contribution in [0, 0.1) is 29.1 Å². The van der Waals surface area contributed by atoms with E-state index in [1.54, 1.807) is 25.7 Å². The van der Waals surface area contributed by atoms with Gasteiger partial charge in [0.25, 0.3) is 0 Å². The second-order valence-corrected chi connectivity index (χ2v) is 14.5. The van der Waals surface area contributed by atoms with E-state index in [4.69, 9.17) is 18.9 Å². The highest BCUT2D eigenvalue weighted by molar-refractivity contribution is 5.83. The summed E-state index contributed by atoms with van der Waals surface area (Å²) >= 11 is 0. The quantitative estimate of drug-likeness (QED) is 0.0374. The van der Waals surface area contributed by atoms with Gasteiger partial charge in [0.2, 0.25) is 40.7 Å². The van der Waals surface area contributed by atoms with Gasteiger partial charge in [0.1, 0.15) is 12.2 Å². The van der Waals surface area contributed by atoms with Gasteiger partial charge in [-0.15, -0.1) is 0 Å². The molecule has 11 nitrogen and oxygen atoms in total. The minimum Gasteiger partial charge on any atom is -0.460 e. The summed E-state index contributed by atoms with van der Waals surface area (Å²) in [6.07, 6.45) is -1.01.